The van der Waals surface area contributed by atoms with Crippen molar-refractivity contribution in [3.8, 4) is 0 Å². The molecule has 0 spiro atoms. The molecule has 3 heteroatoms. The molecular formula is C20H26F2O. The number of alkyl halides is 2. The molecule has 0 aliphatic heterocycles. The van der Waals surface area contributed by atoms with Crippen LogP contribution in [0.1, 0.15) is 37.8 Å². The number of hydrogen-bond donors (Lipinski definition) is 0. The summed E-state index contributed by atoms with van der Waals surface area (Å²) in [7, 11) is 1.49. The van der Waals surface area contributed by atoms with Crippen LogP contribution in [0.2, 0.25) is 0 Å². The van der Waals surface area contributed by atoms with Crippen molar-refractivity contribution < 1.29 is 13.5 Å². The van der Waals surface area contributed by atoms with Gasteiger partial charge in [-0.15, -0.1) is 6.58 Å². The molecule has 1 rings (SSSR count). The first-order chi connectivity index (χ1) is 10.9. The molecule has 0 unspecified atom stereocenters. The van der Waals surface area contributed by atoms with E-state index in [1.807, 2.05) is 18.2 Å². The maximum atomic E-state index is 13.8. The smallest absolute Gasteiger partial charge is 0.267 e. The summed E-state index contributed by atoms with van der Waals surface area (Å²) < 4.78 is 32.7. The number of aryl methyl sites for hydroxylation is 2. The van der Waals surface area contributed by atoms with Crippen molar-refractivity contribution in [3.05, 3.63) is 71.5 Å². The molecule has 0 amide bonds. The van der Waals surface area contributed by atoms with Gasteiger partial charge in [0.1, 0.15) is 5.76 Å². The first kappa shape index (κ1) is 19.1. The van der Waals surface area contributed by atoms with E-state index < -0.39 is 5.92 Å². The van der Waals surface area contributed by atoms with Crippen LogP contribution in [-0.4, -0.2) is 13.0 Å². The third kappa shape index (κ3) is 6.81. The average molecular weight is 320 g/mol. The second-order valence-electron chi connectivity index (χ2n) is 5.60. The zero-order valence-electron chi connectivity index (χ0n) is 14.2. The molecule has 0 N–H and O–H groups in total. The summed E-state index contributed by atoms with van der Waals surface area (Å²) in [5.41, 5.74) is 2.37. The molecule has 1 aromatic rings. The summed E-state index contributed by atoms with van der Waals surface area (Å²) in [4.78, 5) is 0. The second-order valence-corrected chi connectivity index (χ2v) is 5.60. The predicted molar refractivity (Wildman–Crippen MR) is 92.8 cm³/mol. The molecule has 0 saturated carbocycles. The largest absolute Gasteiger partial charge is 0.497 e. The van der Waals surface area contributed by atoms with E-state index in [1.54, 1.807) is 13.0 Å². The molecule has 0 aliphatic rings. The summed E-state index contributed by atoms with van der Waals surface area (Å²) in [5, 5.41) is 0. The fourth-order valence-electron chi connectivity index (χ4n) is 2.34. The maximum absolute atomic E-state index is 13.8. The minimum absolute atomic E-state index is 0.0870. The summed E-state index contributed by atoms with van der Waals surface area (Å²) in [6.45, 7) is 6.42. The highest BCUT2D eigenvalue weighted by atomic mass is 19.3. The lowest BCUT2D eigenvalue weighted by Crippen LogP contribution is -2.15. The van der Waals surface area contributed by atoms with E-state index in [0.29, 0.717) is 18.6 Å². The number of rotatable bonds is 9. The van der Waals surface area contributed by atoms with Gasteiger partial charge in [0.05, 0.1) is 7.11 Å². The number of ether oxygens (including phenoxy) is 1. The summed E-state index contributed by atoms with van der Waals surface area (Å²) in [5.74, 6) is -2.39. The molecule has 0 atom stereocenters. The van der Waals surface area contributed by atoms with Gasteiger partial charge in [-0.3, -0.25) is 0 Å². The van der Waals surface area contributed by atoms with Gasteiger partial charge in [0, 0.05) is 12.5 Å². The Balaban J connectivity index is 2.85. The molecule has 0 heterocycles. The lowest BCUT2D eigenvalue weighted by molar-refractivity contribution is 0.0590. The summed E-state index contributed by atoms with van der Waals surface area (Å²) in [6, 6.07) is 8.10. The Bertz CT molecular complexity index is 565. The standard InChI is InChI=1S/C20H26F2O/c1-5-7-9-16-10-8-11-17(14-16)12-13-18(20(3,21)22)15-19(6-2)23-4/h5-6,8,10-11,14-15H,1,7,9,12-13H2,2-4H3/b18-15+,19-6+. The molecule has 0 aliphatic carbocycles. The van der Waals surface area contributed by atoms with Gasteiger partial charge in [0.2, 0.25) is 0 Å². The topological polar surface area (TPSA) is 9.23 Å². The van der Waals surface area contributed by atoms with Crippen molar-refractivity contribution in [1.29, 1.82) is 0 Å². The van der Waals surface area contributed by atoms with Crippen LogP contribution in [0.3, 0.4) is 0 Å². The van der Waals surface area contributed by atoms with E-state index in [1.165, 1.54) is 18.7 Å². The highest BCUT2D eigenvalue weighted by Crippen LogP contribution is 2.28. The van der Waals surface area contributed by atoms with Crippen LogP contribution in [-0.2, 0) is 17.6 Å². The maximum Gasteiger partial charge on any atom is 0.267 e. The lowest BCUT2D eigenvalue weighted by Gasteiger charge is -2.16. The van der Waals surface area contributed by atoms with Gasteiger partial charge in [-0.1, -0.05) is 30.3 Å². The van der Waals surface area contributed by atoms with Gasteiger partial charge >= 0.3 is 0 Å². The van der Waals surface area contributed by atoms with Crippen molar-refractivity contribution in [2.24, 2.45) is 0 Å². The first-order valence-corrected chi connectivity index (χ1v) is 7.88. The van der Waals surface area contributed by atoms with E-state index in [4.69, 9.17) is 4.74 Å². The van der Waals surface area contributed by atoms with E-state index >= 15 is 0 Å². The molecular weight excluding hydrogens is 294 g/mol. The molecule has 0 radical (unpaired) electrons. The van der Waals surface area contributed by atoms with Gasteiger partial charge in [0.15, 0.2) is 0 Å². The number of hydrogen-bond acceptors (Lipinski definition) is 1. The third-order valence-corrected chi connectivity index (χ3v) is 3.71. The monoisotopic (exact) mass is 320 g/mol. The van der Waals surface area contributed by atoms with Gasteiger partial charge in [-0.25, -0.2) is 8.78 Å². The SMILES string of the molecule is C=CCCc1cccc(CC/C(=C\C(=C/C)OC)C(C)(F)F)c1. The van der Waals surface area contributed by atoms with Crippen LogP contribution < -0.4 is 0 Å². The molecule has 23 heavy (non-hydrogen) atoms. The molecule has 0 fully saturated rings. The van der Waals surface area contributed by atoms with Crippen LogP contribution >= 0.6 is 0 Å². The van der Waals surface area contributed by atoms with Crippen molar-refractivity contribution in [3.63, 3.8) is 0 Å². The van der Waals surface area contributed by atoms with Crippen molar-refractivity contribution in [1.82, 2.24) is 0 Å². The Morgan fingerprint density at radius 3 is 2.43 bits per heavy atom. The number of allylic oxidation sites excluding steroid dienone is 4. The molecule has 1 nitrogen and oxygen atoms in total. The van der Waals surface area contributed by atoms with Crippen molar-refractivity contribution >= 4 is 0 Å². The van der Waals surface area contributed by atoms with Crippen LogP contribution in [0, 0.1) is 0 Å². The van der Waals surface area contributed by atoms with Crippen LogP contribution in [0.15, 0.2) is 60.4 Å². The number of halogens is 2. The fourth-order valence-corrected chi connectivity index (χ4v) is 2.34. The quantitative estimate of drug-likeness (QED) is 0.314. The van der Waals surface area contributed by atoms with Gasteiger partial charge < -0.3 is 4.74 Å². The minimum atomic E-state index is -2.85. The predicted octanol–water partition coefficient (Wildman–Crippen LogP) is 5.87. The zero-order valence-corrected chi connectivity index (χ0v) is 14.2. The van der Waals surface area contributed by atoms with Gasteiger partial charge in [0.25, 0.3) is 5.92 Å². The van der Waals surface area contributed by atoms with E-state index in [-0.39, 0.29) is 5.57 Å². The molecule has 1 aromatic carbocycles. The van der Waals surface area contributed by atoms with E-state index in [2.05, 4.69) is 18.7 Å². The Morgan fingerprint density at radius 1 is 1.26 bits per heavy atom. The van der Waals surface area contributed by atoms with E-state index in [0.717, 1.165) is 25.3 Å². The third-order valence-electron chi connectivity index (χ3n) is 3.71. The van der Waals surface area contributed by atoms with Crippen LogP contribution in [0.5, 0.6) is 0 Å². The Labute approximate surface area is 138 Å². The highest BCUT2D eigenvalue weighted by Gasteiger charge is 2.27. The molecule has 126 valence electrons. The normalized spacial score (nSPS) is 13.1. The minimum Gasteiger partial charge on any atom is -0.497 e. The average Bonchev–Trinajstić information content (AvgIpc) is 2.52. The van der Waals surface area contributed by atoms with Crippen LogP contribution in [0.25, 0.3) is 0 Å². The fraction of sp³-hybridized carbons (Fsp3) is 0.400. The Kier molecular flexibility index (Phi) is 7.73. The Hall–Kier alpha value is -1.90. The van der Waals surface area contributed by atoms with Crippen molar-refractivity contribution in [2.45, 2.75) is 45.5 Å². The highest BCUT2D eigenvalue weighted by molar-refractivity contribution is 5.27. The first-order valence-electron chi connectivity index (χ1n) is 7.88. The van der Waals surface area contributed by atoms with Gasteiger partial charge in [-0.05, 0) is 55.9 Å². The lowest BCUT2D eigenvalue weighted by atomic mass is 9.98. The second kappa shape index (κ2) is 9.29. The number of benzene rings is 1. The van der Waals surface area contributed by atoms with E-state index in [9.17, 15) is 8.78 Å². The zero-order chi connectivity index (χ0) is 17.3. The molecule has 0 aromatic heterocycles. The van der Waals surface area contributed by atoms with Crippen molar-refractivity contribution in [2.75, 3.05) is 7.11 Å². The molecule has 0 saturated heterocycles. The summed E-state index contributed by atoms with van der Waals surface area (Å²) in [6.07, 6.45) is 7.74. The van der Waals surface area contributed by atoms with Crippen LogP contribution in [0.4, 0.5) is 8.78 Å². The van der Waals surface area contributed by atoms with Gasteiger partial charge in [-0.2, -0.15) is 0 Å². The number of methoxy groups -OCH3 is 1. The molecule has 0 bridgehead atoms. The summed E-state index contributed by atoms with van der Waals surface area (Å²) >= 11 is 0. The Morgan fingerprint density at radius 2 is 1.91 bits per heavy atom.